The van der Waals surface area contributed by atoms with Gasteiger partial charge in [-0.2, -0.15) is 0 Å². The van der Waals surface area contributed by atoms with Crippen LogP contribution in [-0.4, -0.2) is 19.1 Å². The van der Waals surface area contributed by atoms with E-state index in [2.05, 4.69) is 26.8 Å². The second-order valence-corrected chi connectivity index (χ2v) is 4.95. The van der Waals surface area contributed by atoms with Crippen molar-refractivity contribution >= 4 is 5.91 Å². The zero-order valence-corrected chi connectivity index (χ0v) is 11.8. The lowest BCUT2D eigenvalue weighted by Crippen LogP contribution is -2.36. The first-order chi connectivity index (χ1) is 7.79. The summed E-state index contributed by atoms with van der Waals surface area (Å²) in [4.78, 5) is 11.4. The molecular weight excluding hydrogens is 214 g/mol. The third-order valence-corrected chi connectivity index (χ3v) is 2.87. The Labute approximate surface area is 105 Å². The molecule has 98 valence electrons. The first-order valence-corrected chi connectivity index (χ1v) is 5.89. The Morgan fingerprint density at radius 2 is 1.76 bits per heavy atom. The monoisotopic (exact) mass is 239 g/mol. The van der Waals surface area contributed by atoms with Gasteiger partial charge < -0.3 is 10.5 Å². The van der Waals surface area contributed by atoms with E-state index in [1.54, 1.807) is 0 Å². The summed E-state index contributed by atoms with van der Waals surface area (Å²) in [7, 11) is 1.53. The van der Waals surface area contributed by atoms with Crippen molar-refractivity contribution in [2.24, 2.45) is 11.7 Å². The molecule has 0 aromatic heterocycles. The van der Waals surface area contributed by atoms with Gasteiger partial charge in [-0.3, -0.25) is 4.79 Å². The lowest BCUT2D eigenvalue weighted by Gasteiger charge is -2.22. The number of nitrogens with two attached hydrogens (primary N) is 1. The summed E-state index contributed by atoms with van der Waals surface area (Å²) < 4.78 is 5.21. The molecule has 0 spiro atoms. The van der Waals surface area contributed by atoms with E-state index in [-0.39, 0.29) is 5.92 Å². The zero-order chi connectivity index (χ0) is 13.6. The van der Waals surface area contributed by atoms with Gasteiger partial charge in [0.1, 0.15) is 6.10 Å². The Hall–Kier alpha value is -1.09. The second-order valence-electron chi connectivity index (χ2n) is 4.95. The predicted octanol–water partition coefficient (Wildman–Crippen LogP) is 2.82. The fraction of sp³-hybridized carbons (Fsp3) is 0.643. The Bertz CT molecular complexity index is 321. The number of carbonyl (C=O) groups is 1. The van der Waals surface area contributed by atoms with E-state index in [0.29, 0.717) is 0 Å². The fourth-order valence-corrected chi connectivity index (χ4v) is 1.74. The second kappa shape index (κ2) is 7.28. The quantitative estimate of drug-likeness (QED) is 0.725. The minimum atomic E-state index is -0.556. The van der Waals surface area contributed by atoms with Crippen LogP contribution in [0, 0.1) is 5.92 Å². The largest absolute Gasteiger partial charge is 0.371 e. The molecule has 0 saturated carbocycles. The average molecular weight is 239 g/mol. The Kier molecular flexibility index (Phi) is 6.81. The molecule has 0 radical (unpaired) electrons. The molecular formula is C14H25NO2. The number of amides is 1. The summed E-state index contributed by atoms with van der Waals surface area (Å²) in [6.45, 7) is 10.2. The number of primary amides is 1. The highest BCUT2D eigenvalue weighted by Gasteiger charge is 2.24. The average Bonchev–Trinajstić information content (AvgIpc) is 2.16. The zero-order valence-electron chi connectivity index (χ0n) is 11.8. The van der Waals surface area contributed by atoms with E-state index < -0.39 is 12.0 Å². The number of methoxy groups -OCH3 is 1. The summed E-state index contributed by atoms with van der Waals surface area (Å²) >= 11 is 0. The molecule has 0 aromatic carbocycles. The molecule has 0 rings (SSSR count). The molecule has 2 N–H and O–H groups in total. The molecule has 3 nitrogen and oxygen atoms in total. The van der Waals surface area contributed by atoms with Gasteiger partial charge in [-0.15, -0.1) is 0 Å². The van der Waals surface area contributed by atoms with Crippen LogP contribution in [0.5, 0.6) is 0 Å². The molecule has 2 atom stereocenters. The van der Waals surface area contributed by atoms with Crippen molar-refractivity contribution in [3.8, 4) is 0 Å². The van der Waals surface area contributed by atoms with Crippen molar-refractivity contribution in [1.29, 1.82) is 0 Å². The van der Waals surface area contributed by atoms with Crippen LogP contribution in [0.1, 0.15) is 41.0 Å². The minimum absolute atomic E-state index is 0.0115. The van der Waals surface area contributed by atoms with Crippen LogP contribution in [0.2, 0.25) is 0 Å². The van der Waals surface area contributed by atoms with E-state index in [4.69, 9.17) is 10.5 Å². The van der Waals surface area contributed by atoms with Crippen LogP contribution in [0.25, 0.3) is 0 Å². The Morgan fingerprint density at radius 1 is 1.24 bits per heavy atom. The van der Waals surface area contributed by atoms with Gasteiger partial charge in [-0.25, -0.2) is 0 Å². The Morgan fingerprint density at radius 3 is 2.06 bits per heavy atom. The van der Waals surface area contributed by atoms with E-state index in [9.17, 15) is 4.79 Å². The summed E-state index contributed by atoms with van der Waals surface area (Å²) in [6, 6.07) is 0. The number of hydrogen-bond acceptors (Lipinski definition) is 2. The van der Waals surface area contributed by atoms with E-state index in [1.807, 2.05) is 13.8 Å². The van der Waals surface area contributed by atoms with Crippen LogP contribution in [0.3, 0.4) is 0 Å². The number of allylic oxidation sites excluding steroid dienone is 3. The molecule has 3 heteroatoms. The van der Waals surface area contributed by atoms with Crippen molar-refractivity contribution < 1.29 is 9.53 Å². The lowest BCUT2D eigenvalue weighted by molar-refractivity contribution is -0.129. The summed E-state index contributed by atoms with van der Waals surface area (Å²) in [6.07, 6.45) is 2.31. The number of hydrogen-bond donors (Lipinski definition) is 1. The minimum Gasteiger partial charge on any atom is -0.371 e. The number of rotatable bonds is 6. The normalized spacial score (nSPS) is 13.8. The summed E-state index contributed by atoms with van der Waals surface area (Å²) in [5.41, 5.74) is 9.08. The van der Waals surface area contributed by atoms with Gasteiger partial charge in [-0.1, -0.05) is 22.8 Å². The topological polar surface area (TPSA) is 52.3 Å². The molecule has 0 bridgehead atoms. The van der Waals surface area contributed by atoms with Gasteiger partial charge in [-0.05, 0) is 41.0 Å². The van der Waals surface area contributed by atoms with E-state index in [1.165, 1.54) is 23.8 Å². The first kappa shape index (κ1) is 15.9. The van der Waals surface area contributed by atoms with E-state index >= 15 is 0 Å². The van der Waals surface area contributed by atoms with Crippen LogP contribution in [0.4, 0.5) is 0 Å². The maximum absolute atomic E-state index is 11.4. The molecule has 0 aliphatic rings. The van der Waals surface area contributed by atoms with E-state index in [0.717, 1.165) is 6.42 Å². The third-order valence-electron chi connectivity index (χ3n) is 2.87. The van der Waals surface area contributed by atoms with Crippen molar-refractivity contribution in [1.82, 2.24) is 0 Å². The van der Waals surface area contributed by atoms with Crippen molar-refractivity contribution in [3.63, 3.8) is 0 Å². The molecule has 2 unspecified atom stereocenters. The SMILES string of the molecule is COC(C(N)=O)C(C=C(C)C)CC(C)=C(C)C. The molecule has 0 aliphatic heterocycles. The van der Waals surface area contributed by atoms with Crippen molar-refractivity contribution in [2.75, 3.05) is 7.11 Å². The van der Waals surface area contributed by atoms with Gasteiger partial charge >= 0.3 is 0 Å². The van der Waals surface area contributed by atoms with Crippen LogP contribution in [-0.2, 0) is 9.53 Å². The standard InChI is InChI=1S/C14H25NO2/c1-9(2)7-12(8-11(5)10(3)4)13(17-6)14(15)16/h7,12-13H,8H2,1-6H3,(H2,15,16). The van der Waals surface area contributed by atoms with Gasteiger partial charge in [0.25, 0.3) is 0 Å². The highest BCUT2D eigenvalue weighted by molar-refractivity contribution is 5.79. The van der Waals surface area contributed by atoms with Crippen LogP contribution in [0.15, 0.2) is 22.8 Å². The Balaban J connectivity index is 5.07. The number of ether oxygens (including phenoxy) is 1. The molecule has 17 heavy (non-hydrogen) atoms. The lowest BCUT2D eigenvalue weighted by atomic mass is 9.90. The maximum atomic E-state index is 11.4. The van der Waals surface area contributed by atoms with Gasteiger partial charge in [0.2, 0.25) is 5.91 Å². The first-order valence-electron chi connectivity index (χ1n) is 5.89. The van der Waals surface area contributed by atoms with Crippen LogP contribution >= 0.6 is 0 Å². The molecule has 0 saturated heterocycles. The molecule has 0 heterocycles. The van der Waals surface area contributed by atoms with Gasteiger partial charge in [0, 0.05) is 13.0 Å². The molecule has 0 aliphatic carbocycles. The highest BCUT2D eigenvalue weighted by atomic mass is 16.5. The van der Waals surface area contributed by atoms with Crippen molar-refractivity contribution in [2.45, 2.75) is 47.1 Å². The van der Waals surface area contributed by atoms with Gasteiger partial charge in [0.05, 0.1) is 0 Å². The summed E-state index contributed by atoms with van der Waals surface area (Å²) in [5.74, 6) is -0.394. The van der Waals surface area contributed by atoms with Crippen LogP contribution < -0.4 is 5.73 Å². The van der Waals surface area contributed by atoms with Crippen molar-refractivity contribution in [3.05, 3.63) is 22.8 Å². The highest BCUT2D eigenvalue weighted by Crippen LogP contribution is 2.22. The predicted molar refractivity (Wildman–Crippen MR) is 71.6 cm³/mol. The number of carbonyl (C=O) groups excluding carboxylic acids is 1. The molecule has 0 aromatic rings. The van der Waals surface area contributed by atoms with Gasteiger partial charge in [0.15, 0.2) is 0 Å². The fourth-order valence-electron chi connectivity index (χ4n) is 1.74. The summed E-state index contributed by atoms with van der Waals surface area (Å²) in [5, 5.41) is 0. The smallest absolute Gasteiger partial charge is 0.247 e. The molecule has 1 amide bonds. The molecule has 0 fully saturated rings. The maximum Gasteiger partial charge on any atom is 0.247 e. The third kappa shape index (κ3) is 5.68.